The number of phenols is 1. The number of rotatable bonds is 4. The largest absolute Gasteiger partial charge is 0.504 e. The first kappa shape index (κ1) is 11.3. The second kappa shape index (κ2) is 3.98. The molecule has 1 saturated carbocycles. The number of aromatic hydroxyl groups is 1. The molecule has 88 valence electrons. The van der Waals surface area contributed by atoms with Gasteiger partial charge >= 0.3 is 0 Å². The molecule has 0 heterocycles. The molecule has 1 aromatic carbocycles. The third-order valence-corrected chi connectivity index (χ3v) is 3.35. The van der Waals surface area contributed by atoms with Crippen molar-refractivity contribution in [2.75, 3.05) is 7.11 Å². The van der Waals surface area contributed by atoms with E-state index in [4.69, 9.17) is 4.74 Å². The average molecular weight is 221 g/mol. The highest BCUT2D eigenvalue weighted by Gasteiger charge is 2.45. The minimum absolute atomic E-state index is 0.246. The summed E-state index contributed by atoms with van der Waals surface area (Å²) in [6.45, 7) is 5.18. The maximum Gasteiger partial charge on any atom is 0.162 e. The third kappa shape index (κ3) is 2.14. The van der Waals surface area contributed by atoms with Crippen molar-refractivity contribution in [3.63, 3.8) is 0 Å². The van der Waals surface area contributed by atoms with Crippen LogP contribution in [0.3, 0.4) is 0 Å². The van der Waals surface area contributed by atoms with Crippen molar-refractivity contribution in [2.24, 2.45) is 5.41 Å². The molecule has 2 rings (SSSR count). The van der Waals surface area contributed by atoms with Gasteiger partial charge in [0.15, 0.2) is 11.5 Å². The summed E-state index contributed by atoms with van der Waals surface area (Å²) in [5, 5.41) is 13.3. The third-order valence-electron chi connectivity index (χ3n) is 3.35. The van der Waals surface area contributed by atoms with E-state index in [9.17, 15) is 5.11 Å². The fraction of sp³-hybridized carbons (Fsp3) is 0.538. The van der Waals surface area contributed by atoms with Crippen LogP contribution in [0.2, 0.25) is 0 Å². The first-order chi connectivity index (χ1) is 7.54. The van der Waals surface area contributed by atoms with E-state index < -0.39 is 0 Å². The van der Waals surface area contributed by atoms with Crippen LogP contribution in [0.15, 0.2) is 18.2 Å². The molecule has 0 amide bonds. The van der Waals surface area contributed by atoms with Crippen molar-refractivity contribution in [2.45, 2.75) is 32.9 Å². The van der Waals surface area contributed by atoms with Gasteiger partial charge in [0.05, 0.1) is 7.11 Å². The maximum absolute atomic E-state index is 9.89. The number of benzene rings is 1. The fourth-order valence-electron chi connectivity index (χ4n) is 1.92. The Morgan fingerprint density at radius 2 is 2.19 bits per heavy atom. The molecule has 1 aromatic rings. The Labute approximate surface area is 96.4 Å². The van der Waals surface area contributed by atoms with Crippen molar-refractivity contribution >= 4 is 0 Å². The SMILES string of the molecule is COc1cccc(CNC2CC2(C)C)c1O. The Morgan fingerprint density at radius 3 is 2.75 bits per heavy atom. The Hall–Kier alpha value is -1.22. The Morgan fingerprint density at radius 1 is 1.50 bits per heavy atom. The topological polar surface area (TPSA) is 41.5 Å². The fourth-order valence-corrected chi connectivity index (χ4v) is 1.92. The van der Waals surface area contributed by atoms with E-state index in [1.54, 1.807) is 13.2 Å². The maximum atomic E-state index is 9.89. The van der Waals surface area contributed by atoms with Gasteiger partial charge in [0.2, 0.25) is 0 Å². The van der Waals surface area contributed by atoms with Crippen molar-refractivity contribution in [1.29, 1.82) is 0 Å². The van der Waals surface area contributed by atoms with Crippen LogP contribution in [0.5, 0.6) is 11.5 Å². The van der Waals surface area contributed by atoms with Gasteiger partial charge in [-0.25, -0.2) is 0 Å². The quantitative estimate of drug-likeness (QED) is 0.819. The smallest absolute Gasteiger partial charge is 0.162 e. The van der Waals surface area contributed by atoms with Gasteiger partial charge in [-0.3, -0.25) is 0 Å². The minimum Gasteiger partial charge on any atom is -0.504 e. The van der Waals surface area contributed by atoms with Gasteiger partial charge in [0, 0.05) is 18.2 Å². The van der Waals surface area contributed by atoms with E-state index in [1.807, 2.05) is 12.1 Å². The van der Waals surface area contributed by atoms with Gasteiger partial charge in [-0.05, 0) is 17.9 Å². The molecule has 0 bridgehead atoms. The lowest BCUT2D eigenvalue weighted by atomic mass is 10.1. The first-order valence-corrected chi connectivity index (χ1v) is 5.63. The molecular weight excluding hydrogens is 202 g/mol. The standard InChI is InChI=1S/C13H19NO2/c1-13(2)7-11(13)14-8-9-5-4-6-10(16-3)12(9)15/h4-6,11,14-15H,7-8H2,1-3H3. The molecule has 3 nitrogen and oxygen atoms in total. The molecule has 1 fully saturated rings. The lowest BCUT2D eigenvalue weighted by Crippen LogP contribution is -2.19. The lowest BCUT2D eigenvalue weighted by Gasteiger charge is -2.10. The van der Waals surface area contributed by atoms with Crippen LogP contribution < -0.4 is 10.1 Å². The summed E-state index contributed by atoms with van der Waals surface area (Å²) in [4.78, 5) is 0. The van der Waals surface area contributed by atoms with E-state index >= 15 is 0 Å². The highest BCUT2D eigenvalue weighted by Crippen LogP contribution is 2.44. The van der Waals surface area contributed by atoms with Gasteiger partial charge < -0.3 is 15.2 Å². The normalized spacial score (nSPS) is 21.8. The van der Waals surface area contributed by atoms with Crippen LogP contribution in [-0.4, -0.2) is 18.3 Å². The summed E-state index contributed by atoms with van der Waals surface area (Å²) < 4.78 is 5.07. The minimum atomic E-state index is 0.246. The van der Waals surface area contributed by atoms with E-state index in [0.29, 0.717) is 23.8 Å². The molecule has 1 atom stereocenters. The summed E-state index contributed by atoms with van der Waals surface area (Å²) in [6, 6.07) is 6.14. The van der Waals surface area contributed by atoms with Gasteiger partial charge in [-0.15, -0.1) is 0 Å². The molecule has 3 heteroatoms. The Balaban J connectivity index is 1.99. The predicted octanol–water partition coefficient (Wildman–Crippen LogP) is 2.29. The Bertz CT molecular complexity index is 388. The molecule has 1 aliphatic rings. The Kier molecular flexibility index (Phi) is 2.80. The highest BCUT2D eigenvalue weighted by molar-refractivity contribution is 5.45. The van der Waals surface area contributed by atoms with Gasteiger partial charge in [-0.2, -0.15) is 0 Å². The second-order valence-corrected chi connectivity index (χ2v) is 5.09. The number of hydrogen-bond donors (Lipinski definition) is 2. The zero-order valence-corrected chi connectivity index (χ0v) is 10.1. The molecule has 0 spiro atoms. The van der Waals surface area contributed by atoms with E-state index in [1.165, 1.54) is 6.42 Å². The van der Waals surface area contributed by atoms with Crippen LogP contribution in [0.1, 0.15) is 25.8 Å². The first-order valence-electron chi connectivity index (χ1n) is 5.63. The number of hydrogen-bond acceptors (Lipinski definition) is 3. The molecule has 1 unspecified atom stereocenters. The summed E-state index contributed by atoms with van der Waals surface area (Å²) in [5.41, 5.74) is 1.30. The van der Waals surface area contributed by atoms with Crippen molar-refractivity contribution in [3.8, 4) is 11.5 Å². The molecule has 0 saturated heterocycles. The van der Waals surface area contributed by atoms with Crippen LogP contribution in [0.4, 0.5) is 0 Å². The summed E-state index contributed by atoms with van der Waals surface area (Å²) in [6.07, 6.45) is 1.21. The number of ether oxygens (including phenoxy) is 1. The number of methoxy groups -OCH3 is 1. The van der Waals surface area contributed by atoms with Gasteiger partial charge in [-0.1, -0.05) is 26.0 Å². The van der Waals surface area contributed by atoms with Crippen LogP contribution in [0.25, 0.3) is 0 Å². The molecule has 16 heavy (non-hydrogen) atoms. The van der Waals surface area contributed by atoms with Crippen LogP contribution in [-0.2, 0) is 6.54 Å². The molecule has 1 aliphatic carbocycles. The molecular formula is C13H19NO2. The summed E-state index contributed by atoms with van der Waals surface area (Å²) in [5.74, 6) is 0.783. The monoisotopic (exact) mass is 221 g/mol. The molecule has 2 N–H and O–H groups in total. The van der Waals surface area contributed by atoms with Crippen molar-refractivity contribution in [3.05, 3.63) is 23.8 Å². The number of nitrogens with one attached hydrogen (secondary N) is 1. The zero-order chi connectivity index (χ0) is 11.8. The van der Waals surface area contributed by atoms with Gasteiger partial charge in [0.25, 0.3) is 0 Å². The average Bonchev–Trinajstić information content (AvgIpc) is 2.85. The predicted molar refractivity (Wildman–Crippen MR) is 63.7 cm³/mol. The van der Waals surface area contributed by atoms with Gasteiger partial charge in [0.1, 0.15) is 0 Å². The van der Waals surface area contributed by atoms with Crippen molar-refractivity contribution in [1.82, 2.24) is 5.32 Å². The van der Waals surface area contributed by atoms with Crippen LogP contribution in [0, 0.1) is 5.41 Å². The van der Waals surface area contributed by atoms with E-state index in [2.05, 4.69) is 19.2 Å². The molecule has 0 radical (unpaired) electrons. The van der Waals surface area contributed by atoms with Crippen molar-refractivity contribution < 1.29 is 9.84 Å². The lowest BCUT2D eigenvalue weighted by molar-refractivity contribution is 0.369. The summed E-state index contributed by atoms with van der Waals surface area (Å²) in [7, 11) is 1.57. The zero-order valence-electron chi connectivity index (χ0n) is 10.1. The second-order valence-electron chi connectivity index (χ2n) is 5.09. The molecule has 0 aromatic heterocycles. The highest BCUT2D eigenvalue weighted by atomic mass is 16.5. The van der Waals surface area contributed by atoms with E-state index in [-0.39, 0.29) is 5.75 Å². The number of phenolic OH excluding ortho intramolecular Hbond substituents is 1. The molecule has 0 aliphatic heterocycles. The van der Waals surface area contributed by atoms with Crippen LogP contribution >= 0.6 is 0 Å². The van der Waals surface area contributed by atoms with E-state index in [0.717, 1.165) is 5.56 Å². The number of para-hydroxylation sites is 1. The summed E-state index contributed by atoms with van der Waals surface area (Å²) >= 11 is 0.